The first-order valence-electron chi connectivity index (χ1n) is 7.11. The number of carbonyl (C=O) groups excluding carboxylic acids is 1. The average Bonchev–Trinajstić information content (AvgIpc) is 2.42. The van der Waals surface area contributed by atoms with Gasteiger partial charge in [0.2, 0.25) is 5.91 Å². The second-order valence-electron chi connectivity index (χ2n) is 6.34. The Labute approximate surface area is 124 Å². The van der Waals surface area contributed by atoms with Crippen LogP contribution >= 0.6 is 0 Å². The van der Waals surface area contributed by atoms with Crippen molar-refractivity contribution in [3.63, 3.8) is 0 Å². The van der Waals surface area contributed by atoms with E-state index in [-0.39, 0.29) is 11.9 Å². The van der Waals surface area contributed by atoms with E-state index in [2.05, 4.69) is 0 Å². The zero-order chi connectivity index (χ0) is 15.8. The largest absolute Gasteiger partial charge is 0.481 e. The number of rotatable bonds is 4. The third-order valence-corrected chi connectivity index (χ3v) is 4.18. The number of nitrogens with two attached hydrogens (primary N) is 1. The van der Waals surface area contributed by atoms with Gasteiger partial charge < -0.3 is 15.7 Å². The lowest BCUT2D eigenvalue weighted by Crippen LogP contribution is -2.31. The summed E-state index contributed by atoms with van der Waals surface area (Å²) < 4.78 is 0. The number of hydrogen-bond acceptors (Lipinski definition) is 3. The lowest BCUT2D eigenvalue weighted by molar-refractivity contribution is -0.147. The lowest BCUT2D eigenvalue weighted by Gasteiger charge is -2.28. The van der Waals surface area contributed by atoms with Crippen molar-refractivity contribution in [3.05, 3.63) is 29.3 Å². The SMILES string of the molecule is CN1C(=O)CCc2cc(C(N)CC(C)(C)C(=O)O)ccc21. The molecule has 0 saturated carbocycles. The molecule has 2 rings (SSSR count). The molecule has 0 radical (unpaired) electrons. The van der Waals surface area contributed by atoms with E-state index in [1.165, 1.54) is 0 Å². The molecule has 5 heteroatoms. The average molecular weight is 290 g/mol. The van der Waals surface area contributed by atoms with Crippen molar-refractivity contribution in [1.29, 1.82) is 0 Å². The van der Waals surface area contributed by atoms with E-state index in [1.54, 1.807) is 25.8 Å². The number of anilines is 1. The number of hydrogen-bond donors (Lipinski definition) is 2. The van der Waals surface area contributed by atoms with Gasteiger partial charge in [0.05, 0.1) is 5.41 Å². The summed E-state index contributed by atoms with van der Waals surface area (Å²) in [4.78, 5) is 24.5. The fourth-order valence-electron chi connectivity index (χ4n) is 2.66. The Kier molecular flexibility index (Phi) is 4.05. The highest BCUT2D eigenvalue weighted by atomic mass is 16.4. The fourth-order valence-corrected chi connectivity index (χ4v) is 2.66. The van der Waals surface area contributed by atoms with Crippen LogP contribution in [0.25, 0.3) is 0 Å². The molecule has 21 heavy (non-hydrogen) atoms. The zero-order valence-electron chi connectivity index (χ0n) is 12.7. The molecule has 0 spiro atoms. The highest BCUT2D eigenvalue weighted by Crippen LogP contribution is 2.33. The minimum Gasteiger partial charge on any atom is -0.481 e. The van der Waals surface area contributed by atoms with Crippen LogP contribution in [0.15, 0.2) is 18.2 Å². The third kappa shape index (κ3) is 3.08. The first-order chi connectivity index (χ1) is 9.72. The molecule has 0 bridgehead atoms. The maximum Gasteiger partial charge on any atom is 0.309 e. The molecule has 1 aromatic rings. The van der Waals surface area contributed by atoms with Gasteiger partial charge in [-0.15, -0.1) is 0 Å². The minimum absolute atomic E-state index is 0.117. The summed E-state index contributed by atoms with van der Waals surface area (Å²) in [5.41, 5.74) is 8.25. The summed E-state index contributed by atoms with van der Waals surface area (Å²) in [7, 11) is 1.77. The molecule has 0 aliphatic carbocycles. The second kappa shape index (κ2) is 5.48. The van der Waals surface area contributed by atoms with Gasteiger partial charge in [-0.3, -0.25) is 9.59 Å². The van der Waals surface area contributed by atoms with E-state index in [9.17, 15) is 14.7 Å². The van der Waals surface area contributed by atoms with Crippen LogP contribution in [0.1, 0.15) is 43.9 Å². The van der Waals surface area contributed by atoms with Crippen LogP contribution in [0.2, 0.25) is 0 Å². The molecule has 0 aromatic heterocycles. The normalized spacial score (nSPS) is 16.6. The molecule has 1 aromatic carbocycles. The Bertz CT molecular complexity index is 581. The van der Waals surface area contributed by atoms with Crippen LogP contribution in [0.5, 0.6) is 0 Å². The number of amides is 1. The first kappa shape index (κ1) is 15.5. The Morgan fingerprint density at radius 1 is 1.43 bits per heavy atom. The van der Waals surface area contributed by atoms with E-state index >= 15 is 0 Å². The maximum atomic E-state index is 11.7. The molecule has 1 aliphatic rings. The van der Waals surface area contributed by atoms with Crippen LogP contribution in [-0.4, -0.2) is 24.0 Å². The molecular weight excluding hydrogens is 268 g/mol. The summed E-state index contributed by atoms with van der Waals surface area (Å²) >= 11 is 0. The molecule has 1 atom stereocenters. The molecule has 0 saturated heterocycles. The van der Waals surface area contributed by atoms with Crippen molar-refractivity contribution >= 4 is 17.6 Å². The Balaban J connectivity index is 2.23. The summed E-state index contributed by atoms with van der Waals surface area (Å²) in [5.74, 6) is -0.729. The molecule has 5 nitrogen and oxygen atoms in total. The van der Waals surface area contributed by atoms with E-state index in [1.807, 2.05) is 18.2 Å². The molecule has 1 heterocycles. The minimum atomic E-state index is -0.859. The summed E-state index contributed by atoms with van der Waals surface area (Å²) in [6, 6.07) is 5.46. The molecular formula is C16H22N2O3. The van der Waals surface area contributed by atoms with E-state index in [0.29, 0.717) is 19.3 Å². The van der Waals surface area contributed by atoms with Gasteiger partial charge in [0.25, 0.3) is 0 Å². The number of fused-ring (bicyclic) bond motifs is 1. The summed E-state index contributed by atoms with van der Waals surface area (Å²) in [5, 5.41) is 9.19. The van der Waals surface area contributed by atoms with E-state index < -0.39 is 11.4 Å². The van der Waals surface area contributed by atoms with Gasteiger partial charge >= 0.3 is 5.97 Å². The van der Waals surface area contributed by atoms with Gasteiger partial charge in [-0.25, -0.2) is 0 Å². The van der Waals surface area contributed by atoms with E-state index in [4.69, 9.17) is 5.73 Å². The van der Waals surface area contributed by atoms with Gasteiger partial charge in [-0.1, -0.05) is 12.1 Å². The van der Waals surface area contributed by atoms with Crippen molar-refractivity contribution < 1.29 is 14.7 Å². The highest BCUT2D eigenvalue weighted by molar-refractivity contribution is 5.95. The summed E-state index contributed by atoms with van der Waals surface area (Å²) in [6.07, 6.45) is 1.58. The van der Waals surface area contributed by atoms with Crippen LogP contribution in [-0.2, 0) is 16.0 Å². The van der Waals surface area contributed by atoms with Crippen molar-refractivity contribution in [3.8, 4) is 0 Å². The number of carboxylic acids is 1. The number of benzene rings is 1. The number of nitrogens with zero attached hydrogens (tertiary/aromatic N) is 1. The fraction of sp³-hybridized carbons (Fsp3) is 0.500. The molecule has 1 aliphatic heterocycles. The molecule has 1 amide bonds. The number of carbonyl (C=O) groups is 2. The highest BCUT2D eigenvalue weighted by Gasteiger charge is 2.30. The van der Waals surface area contributed by atoms with Gasteiger partial charge in [0.15, 0.2) is 0 Å². The van der Waals surface area contributed by atoms with E-state index in [0.717, 1.165) is 16.8 Å². The maximum absolute atomic E-state index is 11.7. The van der Waals surface area contributed by atoms with Gasteiger partial charge in [-0.05, 0) is 43.9 Å². The molecule has 3 N–H and O–H groups in total. The lowest BCUT2D eigenvalue weighted by atomic mass is 9.83. The quantitative estimate of drug-likeness (QED) is 0.889. The summed E-state index contributed by atoms with van der Waals surface area (Å²) in [6.45, 7) is 3.36. The molecule has 1 unspecified atom stereocenters. The van der Waals surface area contributed by atoms with Gasteiger partial charge in [0, 0.05) is 25.2 Å². The van der Waals surface area contributed by atoms with Crippen LogP contribution < -0.4 is 10.6 Å². The topological polar surface area (TPSA) is 83.6 Å². The Hall–Kier alpha value is -1.88. The van der Waals surface area contributed by atoms with Crippen molar-refractivity contribution in [2.45, 2.75) is 39.2 Å². The number of aryl methyl sites for hydroxylation is 1. The van der Waals surface area contributed by atoms with Crippen molar-refractivity contribution in [2.75, 3.05) is 11.9 Å². The zero-order valence-corrected chi connectivity index (χ0v) is 12.7. The number of carboxylic acid groups (broad SMARTS) is 1. The molecule has 0 fully saturated rings. The van der Waals surface area contributed by atoms with Crippen LogP contribution in [0, 0.1) is 5.41 Å². The van der Waals surface area contributed by atoms with Crippen LogP contribution in [0.3, 0.4) is 0 Å². The number of aliphatic carboxylic acids is 1. The smallest absolute Gasteiger partial charge is 0.309 e. The standard InChI is InChI=1S/C16H22N2O3/c1-16(2,15(20)21)9-12(17)10-4-6-13-11(8-10)5-7-14(19)18(13)3/h4,6,8,12H,5,7,9,17H2,1-3H3,(H,20,21). The van der Waals surface area contributed by atoms with Crippen molar-refractivity contribution in [2.24, 2.45) is 11.1 Å². The predicted octanol–water partition coefficient (Wildman–Crippen LogP) is 2.10. The first-order valence-corrected chi connectivity index (χ1v) is 7.11. The Morgan fingerprint density at radius 2 is 2.10 bits per heavy atom. The van der Waals surface area contributed by atoms with Gasteiger partial charge in [0.1, 0.15) is 0 Å². The van der Waals surface area contributed by atoms with Gasteiger partial charge in [-0.2, -0.15) is 0 Å². The van der Waals surface area contributed by atoms with Crippen molar-refractivity contribution in [1.82, 2.24) is 0 Å². The Morgan fingerprint density at radius 3 is 2.71 bits per heavy atom. The third-order valence-electron chi connectivity index (χ3n) is 4.18. The van der Waals surface area contributed by atoms with Crippen LogP contribution in [0.4, 0.5) is 5.69 Å². The second-order valence-corrected chi connectivity index (χ2v) is 6.34. The predicted molar refractivity (Wildman–Crippen MR) is 81.1 cm³/mol. The monoisotopic (exact) mass is 290 g/mol. The molecule has 114 valence electrons.